The maximum Gasteiger partial charge on any atom is 0.0684 e. The van der Waals surface area contributed by atoms with Gasteiger partial charge in [-0.1, -0.05) is 100 Å². The van der Waals surface area contributed by atoms with Crippen LogP contribution in [0.1, 0.15) is 66.8 Å². The summed E-state index contributed by atoms with van der Waals surface area (Å²) in [6.45, 7) is 17.7. The normalized spacial score (nSPS) is 9.69. The monoisotopic (exact) mass is 586 g/mol. The fraction of sp³-hybridized carbons (Fsp3) is 0.333. The highest BCUT2D eigenvalue weighted by molar-refractivity contribution is 6.17. The van der Waals surface area contributed by atoms with Crippen LogP contribution in [0.3, 0.4) is 0 Å². The minimum atomic E-state index is 0.145. The molecule has 0 saturated heterocycles. The van der Waals surface area contributed by atoms with Gasteiger partial charge in [0.05, 0.1) is 13.2 Å². The van der Waals surface area contributed by atoms with E-state index in [1.807, 2.05) is 52.0 Å². The summed E-state index contributed by atoms with van der Waals surface area (Å²) >= 11 is 5.68. The Labute approximate surface area is 258 Å². The topological polar surface area (TPSA) is 95.0 Å². The molecule has 0 aliphatic heterocycles. The Morgan fingerprint density at radius 3 is 1.29 bits per heavy atom. The first-order valence-corrected chi connectivity index (χ1v) is 14.6. The van der Waals surface area contributed by atoms with Crippen LogP contribution in [0.25, 0.3) is 10.4 Å². The Morgan fingerprint density at radius 1 is 0.619 bits per heavy atom. The number of aliphatic hydroxyl groups is 1. The smallest absolute Gasteiger partial charge is 0.0684 e. The molecule has 0 aromatic heterocycles. The van der Waals surface area contributed by atoms with Crippen LogP contribution in [-0.2, 0) is 25.6 Å². The summed E-state index contributed by atoms with van der Waals surface area (Å²) in [6.07, 6.45) is 0. The summed E-state index contributed by atoms with van der Waals surface area (Å²) in [5.74, 6) is 0.617. The Bertz CT molecular complexity index is 1340. The van der Waals surface area contributed by atoms with Crippen molar-refractivity contribution in [2.45, 2.75) is 81.0 Å². The zero-order chi connectivity index (χ0) is 31.7. The van der Waals surface area contributed by atoms with Crippen LogP contribution >= 0.6 is 11.6 Å². The highest BCUT2D eigenvalue weighted by Crippen LogP contribution is 2.13. The summed E-state index contributed by atoms with van der Waals surface area (Å²) in [4.78, 5) is 2.72. The van der Waals surface area contributed by atoms with Crippen LogP contribution in [0.5, 0.6) is 0 Å². The minimum Gasteiger partial charge on any atom is -0.392 e. The summed E-state index contributed by atoms with van der Waals surface area (Å²) in [7, 11) is 0. The predicted molar refractivity (Wildman–Crippen MR) is 180 cm³/mol. The molecule has 4 rings (SSSR count). The van der Waals surface area contributed by atoms with E-state index in [1.54, 1.807) is 0 Å². The standard InChI is InChI=1S/C9H11Cl.C9H11N3.C9H13N.C9H12O/c1-7-3-4-9(6-10)8(2)5-7;1-7-3-4-9(6-11-12-10)8(2)5-7;2*1-7-3-4-9(6-10)8(2)5-7/h3-5H,6H2,1-2H3;3-5H,6H2,1-2H3;3-5H,6,10H2,1-2H3;3-5,10H,6H2,1-2H3. The molecular formula is C36H47ClN4O. The van der Waals surface area contributed by atoms with Gasteiger partial charge in [-0.25, -0.2) is 0 Å². The van der Waals surface area contributed by atoms with Gasteiger partial charge in [0, 0.05) is 17.3 Å². The molecule has 0 heterocycles. The van der Waals surface area contributed by atoms with Gasteiger partial charge >= 0.3 is 0 Å². The second kappa shape index (κ2) is 19.5. The number of hydrogen-bond donors (Lipinski definition) is 2. The van der Waals surface area contributed by atoms with Gasteiger partial charge in [-0.15, -0.1) is 11.6 Å². The third kappa shape index (κ3) is 13.4. The molecule has 3 N–H and O–H groups in total. The van der Waals surface area contributed by atoms with Crippen molar-refractivity contribution in [2.24, 2.45) is 10.8 Å². The highest BCUT2D eigenvalue weighted by atomic mass is 35.5. The van der Waals surface area contributed by atoms with Crippen molar-refractivity contribution in [3.05, 3.63) is 150 Å². The van der Waals surface area contributed by atoms with Crippen LogP contribution < -0.4 is 5.73 Å². The lowest BCUT2D eigenvalue weighted by Gasteiger charge is -2.02. The average Bonchev–Trinajstić information content (AvgIpc) is 2.94. The Hall–Kier alpha value is -3.60. The third-order valence-corrected chi connectivity index (χ3v) is 7.12. The van der Waals surface area contributed by atoms with Gasteiger partial charge in [-0.3, -0.25) is 0 Å². The van der Waals surface area contributed by atoms with Gasteiger partial charge in [0.25, 0.3) is 0 Å². The summed E-state index contributed by atoms with van der Waals surface area (Å²) < 4.78 is 0. The molecule has 0 atom stereocenters. The number of hydrogen-bond acceptors (Lipinski definition) is 3. The van der Waals surface area contributed by atoms with Crippen LogP contribution in [0.15, 0.2) is 77.9 Å². The van der Waals surface area contributed by atoms with Crippen molar-refractivity contribution in [3.8, 4) is 0 Å². The van der Waals surface area contributed by atoms with E-state index in [0.29, 0.717) is 19.0 Å². The molecule has 0 amide bonds. The van der Waals surface area contributed by atoms with Crippen molar-refractivity contribution in [1.29, 1.82) is 0 Å². The first-order chi connectivity index (χ1) is 19.9. The maximum absolute atomic E-state index is 8.81. The third-order valence-electron chi connectivity index (χ3n) is 6.83. The number of halogens is 1. The van der Waals surface area contributed by atoms with Crippen LogP contribution in [-0.4, -0.2) is 5.11 Å². The van der Waals surface area contributed by atoms with E-state index < -0.39 is 0 Å². The van der Waals surface area contributed by atoms with Crippen molar-refractivity contribution < 1.29 is 5.11 Å². The van der Waals surface area contributed by atoms with Gasteiger partial charge in [0.15, 0.2) is 0 Å². The number of benzene rings is 4. The molecule has 5 nitrogen and oxygen atoms in total. The number of nitrogens with zero attached hydrogens (tertiary/aromatic N) is 3. The molecule has 0 fully saturated rings. The fourth-order valence-corrected chi connectivity index (χ4v) is 4.52. The number of azide groups is 1. The number of nitrogens with two attached hydrogens (primary N) is 1. The second-order valence-electron chi connectivity index (χ2n) is 10.6. The van der Waals surface area contributed by atoms with Gasteiger partial charge in [0.2, 0.25) is 0 Å². The van der Waals surface area contributed by atoms with Crippen molar-refractivity contribution in [2.75, 3.05) is 0 Å². The quantitative estimate of drug-likeness (QED) is 0.105. The number of aliphatic hydroxyl groups excluding tert-OH is 1. The number of alkyl halides is 1. The van der Waals surface area contributed by atoms with E-state index in [4.69, 9.17) is 28.0 Å². The van der Waals surface area contributed by atoms with E-state index in [2.05, 4.69) is 86.3 Å². The van der Waals surface area contributed by atoms with Gasteiger partial charge in [-0.05, 0) is 105 Å². The van der Waals surface area contributed by atoms with Crippen molar-refractivity contribution in [1.82, 2.24) is 0 Å². The average molecular weight is 587 g/mol. The van der Waals surface area contributed by atoms with Crippen LogP contribution in [0.4, 0.5) is 0 Å². The molecular weight excluding hydrogens is 540 g/mol. The molecule has 4 aromatic carbocycles. The Balaban J connectivity index is 0.000000281. The van der Waals surface area contributed by atoms with Gasteiger partial charge < -0.3 is 10.8 Å². The fourth-order valence-electron chi connectivity index (χ4n) is 4.22. The van der Waals surface area contributed by atoms with Gasteiger partial charge in [0.1, 0.15) is 0 Å². The van der Waals surface area contributed by atoms with E-state index >= 15 is 0 Å². The molecule has 0 spiro atoms. The molecule has 224 valence electrons. The van der Waals surface area contributed by atoms with E-state index in [1.165, 1.54) is 55.6 Å². The van der Waals surface area contributed by atoms with Gasteiger partial charge in [-0.2, -0.15) is 0 Å². The molecule has 6 heteroatoms. The molecule has 0 aliphatic rings. The zero-order valence-corrected chi connectivity index (χ0v) is 27.3. The lowest BCUT2D eigenvalue weighted by molar-refractivity contribution is 0.281. The maximum atomic E-state index is 8.81. The number of rotatable bonds is 5. The van der Waals surface area contributed by atoms with Crippen LogP contribution in [0, 0.1) is 55.4 Å². The number of aryl methyl sites for hydroxylation is 8. The first-order valence-electron chi connectivity index (χ1n) is 14.1. The molecule has 0 saturated carbocycles. The Morgan fingerprint density at radius 2 is 0.976 bits per heavy atom. The largest absolute Gasteiger partial charge is 0.392 e. The van der Waals surface area contributed by atoms with Crippen LogP contribution in [0.2, 0.25) is 0 Å². The molecule has 4 aromatic rings. The van der Waals surface area contributed by atoms with Crippen molar-refractivity contribution >= 4 is 11.6 Å². The lowest BCUT2D eigenvalue weighted by Crippen LogP contribution is -1.98. The zero-order valence-electron chi connectivity index (χ0n) is 26.5. The molecule has 0 radical (unpaired) electrons. The summed E-state index contributed by atoms with van der Waals surface area (Å²) in [6, 6.07) is 24.8. The minimum absolute atomic E-state index is 0.145. The van der Waals surface area contributed by atoms with E-state index in [0.717, 1.165) is 11.1 Å². The van der Waals surface area contributed by atoms with E-state index in [9.17, 15) is 0 Å². The first kappa shape index (κ1) is 36.4. The summed E-state index contributed by atoms with van der Waals surface area (Å²) in [5.41, 5.74) is 28.2. The second-order valence-corrected chi connectivity index (χ2v) is 10.9. The SMILES string of the molecule is Cc1ccc(CCl)c(C)c1.Cc1ccc(CN)c(C)c1.Cc1ccc(CN=[N+]=[N-])c(C)c1.Cc1ccc(CO)c(C)c1. The predicted octanol–water partition coefficient (Wildman–Crippen LogP) is 9.71. The lowest BCUT2D eigenvalue weighted by atomic mass is 10.1. The Kier molecular flexibility index (Phi) is 16.9. The molecule has 0 unspecified atom stereocenters. The molecule has 42 heavy (non-hydrogen) atoms. The highest BCUT2D eigenvalue weighted by Gasteiger charge is 1.97. The molecule has 0 bridgehead atoms. The summed E-state index contributed by atoms with van der Waals surface area (Å²) in [5, 5.41) is 12.3. The van der Waals surface area contributed by atoms with E-state index in [-0.39, 0.29) is 6.61 Å². The molecule has 0 aliphatic carbocycles. The van der Waals surface area contributed by atoms with Crippen molar-refractivity contribution in [3.63, 3.8) is 0 Å².